The van der Waals surface area contributed by atoms with E-state index >= 15 is 0 Å². The van der Waals surface area contributed by atoms with E-state index in [0.29, 0.717) is 43.4 Å². The van der Waals surface area contributed by atoms with Crippen LogP contribution in [0.2, 0.25) is 0 Å². The molecule has 6 N–H and O–H groups in total. The zero-order valence-electron chi connectivity index (χ0n) is 25.6. The highest BCUT2D eigenvalue weighted by molar-refractivity contribution is 6.01. The van der Waals surface area contributed by atoms with Crippen LogP contribution < -0.4 is 10.6 Å². The number of nitrogens with one attached hydrogen (secondary N) is 4. The van der Waals surface area contributed by atoms with Crippen molar-refractivity contribution in [2.24, 2.45) is 0 Å². The fourth-order valence-corrected chi connectivity index (χ4v) is 6.04. The molecule has 0 unspecified atom stereocenters. The summed E-state index contributed by atoms with van der Waals surface area (Å²) >= 11 is 0. The molecule has 43 heavy (non-hydrogen) atoms. The number of carboxylic acids is 2. The van der Waals surface area contributed by atoms with Gasteiger partial charge in [0.1, 0.15) is 0 Å². The molecule has 2 aliphatic rings. The van der Waals surface area contributed by atoms with Gasteiger partial charge in [-0.15, -0.1) is 0 Å². The highest BCUT2D eigenvalue weighted by Gasteiger charge is 2.26. The van der Waals surface area contributed by atoms with Gasteiger partial charge in [-0.1, -0.05) is 13.8 Å². The van der Waals surface area contributed by atoms with Crippen LogP contribution in [0.1, 0.15) is 98.4 Å². The Morgan fingerprint density at radius 2 is 1.14 bits per heavy atom. The van der Waals surface area contributed by atoms with Gasteiger partial charge in [-0.25, -0.2) is 0 Å². The second-order valence-corrected chi connectivity index (χ2v) is 11.1. The molecule has 2 amide bonds. The van der Waals surface area contributed by atoms with Gasteiger partial charge in [0.05, 0.1) is 0 Å². The van der Waals surface area contributed by atoms with Crippen molar-refractivity contribution in [3.63, 3.8) is 0 Å². The average Bonchev–Trinajstić information content (AvgIpc) is 3.59. The van der Waals surface area contributed by atoms with Crippen LogP contribution in [0.3, 0.4) is 0 Å². The lowest BCUT2D eigenvalue weighted by Gasteiger charge is -2.07. The van der Waals surface area contributed by atoms with Gasteiger partial charge in [-0.3, -0.25) is 19.2 Å². The summed E-state index contributed by atoms with van der Waals surface area (Å²) in [6, 6.07) is 0. The van der Waals surface area contributed by atoms with Gasteiger partial charge in [0.15, 0.2) is 0 Å². The second kappa shape index (κ2) is 12.7. The van der Waals surface area contributed by atoms with Gasteiger partial charge in [-0.2, -0.15) is 0 Å². The molecule has 0 saturated heterocycles. The third-order valence-electron chi connectivity index (χ3n) is 8.57. The zero-order chi connectivity index (χ0) is 31.6. The van der Waals surface area contributed by atoms with Crippen LogP contribution in [-0.4, -0.2) is 43.9 Å². The van der Waals surface area contributed by atoms with E-state index < -0.39 is 11.9 Å². The van der Waals surface area contributed by atoms with Crippen molar-refractivity contribution in [2.75, 3.05) is 0 Å². The number of carbonyl (C=O) groups excluding carboxylic acids is 2. The monoisotopic (exact) mass is 588 g/mol. The summed E-state index contributed by atoms with van der Waals surface area (Å²) in [5.41, 5.74) is 11.5. The molecule has 4 heterocycles. The Labute approximate surface area is 251 Å². The minimum absolute atomic E-state index is 0.0459. The number of hydrogen-bond acceptors (Lipinski definition) is 4. The van der Waals surface area contributed by atoms with Crippen molar-refractivity contribution < 1.29 is 29.4 Å². The van der Waals surface area contributed by atoms with Crippen LogP contribution in [0.5, 0.6) is 0 Å². The maximum absolute atomic E-state index is 12.4. The predicted octanol–water partition coefficient (Wildman–Crippen LogP) is 4.98. The van der Waals surface area contributed by atoms with Crippen LogP contribution in [0.15, 0.2) is 33.7 Å². The minimum atomic E-state index is -0.902. The average molecular weight is 589 g/mol. The van der Waals surface area contributed by atoms with E-state index in [2.05, 4.69) is 20.6 Å². The van der Waals surface area contributed by atoms with Crippen molar-refractivity contribution in [2.45, 2.75) is 86.5 Å². The Hall–Kier alpha value is -4.60. The zero-order valence-corrected chi connectivity index (χ0v) is 25.6. The fraction of sp³-hybridized carbons (Fsp3) is 0.394. The highest BCUT2D eigenvalue weighted by Crippen LogP contribution is 2.32. The lowest BCUT2D eigenvalue weighted by molar-refractivity contribution is -0.138. The van der Waals surface area contributed by atoms with E-state index in [4.69, 9.17) is 0 Å². The van der Waals surface area contributed by atoms with Crippen LogP contribution in [0.4, 0.5) is 0 Å². The number of aromatic nitrogens is 2. The molecule has 10 nitrogen and oxygen atoms in total. The minimum Gasteiger partial charge on any atom is -0.481 e. The largest absolute Gasteiger partial charge is 0.481 e. The highest BCUT2D eigenvalue weighted by atomic mass is 16.4. The maximum Gasteiger partial charge on any atom is 0.303 e. The molecule has 0 spiro atoms. The van der Waals surface area contributed by atoms with E-state index in [1.807, 2.05) is 46.8 Å². The van der Waals surface area contributed by atoms with E-state index in [0.717, 1.165) is 67.4 Å². The first-order valence-corrected chi connectivity index (χ1v) is 14.7. The summed E-state index contributed by atoms with van der Waals surface area (Å²) in [5, 5.41) is 24.8. The topological polar surface area (TPSA) is 164 Å². The number of carboxylic acid groups (broad SMARTS) is 2. The van der Waals surface area contributed by atoms with E-state index in [1.54, 1.807) is 6.92 Å². The first-order chi connectivity index (χ1) is 20.4. The molecule has 2 aromatic rings. The van der Waals surface area contributed by atoms with Gasteiger partial charge in [0.25, 0.3) is 11.8 Å². The number of amides is 2. The molecule has 2 aromatic heterocycles. The number of carbonyl (C=O) groups is 4. The summed E-state index contributed by atoms with van der Waals surface area (Å²) in [6.45, 7) is 11.5. The first-order valence-electron chi connectivity index (χ1n) is 14.7. The van der Waals surface area contributed by atoms with Crippen LogP contribution in [-0.2, 0) is 38.4 Å². The lowest BCUT2D eigenvalue weighted by atomic mass is 9.98. The maximum atomic E-state index is 12.4. The van der Waals surface area contributed by atoms with Crippen molar-refractivity contribution in [1.82, 2.24) is 20.6 Å². The molecule has 4 rings (SSSR count). The van der Waals surface area contributed by atoms with Gasteiger partial charge < -0.3 is 30.8 Å². The molecule has 10 heteroatoms. The van der Waals surface area contributed by atoms with Crippen LogP contribution in [0, 0.1) is 13.8 Å². The number of hydrogen-bond donors (Lipinski definition) is 6. The molecule has 2 aliphatic heterocycles. The van der Waals surface area contributed by atoms with E-state index in [1.165, 1.54) is 0 Å². The summed E-state index contributed by atoms with van der Waals surface area (Å²) in [5.74, 6) is -2.04. The summed E-state index contributed by atoms with van der Waals surface area (Å²) in [6.07, 6.45) is 6.04. The Kier molecular flexibility index (Phi) is 9.27. The number of H-pyrrole nitrogens is 2. The van der Waals surface area contributed by atoms with Crippen molar-refractivity contribution in [3.05, 3.63) is 78.7 Å². The Balaban J connectivity index is 1.79. The van der Waals surface area contributed by atoms with Crippen molar-refractivity contribution >= 4 is 35.9 Å². The number of allylic oxidation sites excluding steroid dienone is 2. The summed E-state index contributed by atoms with van der Waals surface area (Å²) in [7, 11) is 0. The Morgan fingerprint density at radius 3 is 1.58 bits per heavy atom. The third kappa shape index (κ3) is 6.43. The molecule has 0 bridgehead atoms. The Bertz CT molecular complexity index is 1640. The lowest BCUT2D eigenvalue weighted by Crippen LogP contribution is -2.16. The number of aliphatic carboxylic acids is 2. The summed E-state index contributed by atoms with van der Waals surface area (Å²) < 4.78 is 0. The molecule has 0 radical (unpaired) electrons. The fourth-order valence-electron chi connectivity index (χ4n) is 6.04. The van der Waals surface area contributed by atoms with Gasteiger partial charge in [0.2, 0.25) is 0 Å². The van der Waals surface area contributed by atoms with E-state index in [9.17, 15) is 29.4 Å². The van der Waals surface area contributed by atoms with Gasteiger partial charge in [0, 0.05) is 64.6 Å². The quantitative estimate of drug-likeness (QED) is 0.205. The molecule has 0 atom stereocenters. The van der Waals surface area contributed by atoms with Gasteiger partial charge in [-0.05, 0) is 98.9 Å². The molecule has 0 fully saturated rings. The normalized spacial score (nSPS) is 17.1. The first kappa shape index (κ1) is 31.3. The molecule has 0 aromatic carbocycles. The third-order valence-corrected chi connectivity index (χ3v) is 8.57. The van der Waals surface area contributed by atoms with Crippen molar-refractivity contribution in [1.29, 1.82) is 0 Å². The predicted molar refractivity (Wildman–Crippen MR) is 164 cm³/mol. The Morgan fingerprint density at radius 1 is 0.674 bits per heavy atom. The van der Waals surface area contributed by atoms with Crippen LogP contribution >= 0.6 is 0 Å². The summed E-state index contributed by atoms with van der Waals surface area (Å²) in [4.78, 5) is 54.8. The van der Waals surface area contributed by atoms with E-state index in [-0.39, 0.29) is 24.7 Å². The van der Waals surface area contributed by atoms with Crippen molar-refractivity contribution in [3.8, 4) is 0 Å². The van der Waals surface area contributed by atoms with Gasteiger partial charge >= 0.3 is 11.9 Å². The molecular formula is C33H40N4O6. The molecule has 0 aliphatic carbocycles. The number of aromatic amines is 2. The second-order valence-electron chi connectivity index (χ2n) is 11.1. The molecule has 0 saturated carbocycles. The standard InChI is InChI=1S/C33H40N4O6/c1-7-20-19(6)32(42)37-27(20)14-25-18(5)23(10-12-31(40)41)29(35-25)15-28-22(9-11-30(38)39)17(4)24(34-28)13-26-16(3)21(8-2)33(43)36-26/h13-14,34-35H,7-12,15H2,1-6H3,(H,36,43)(H,37,42)(H,38,39)(H,40,41)/b26-13?,27-14+. The smallest absolute Gasteiger partial charge is 0.303 e. The number of rotatable bonds is 12. The molecular weight excluding hydrogens is 548 g/mol. The molecule has 228 valence electrons. The van der Waals surface area contributed by atoms with Crippen LogP contribution in [0.25, 0.3) is 12.2 Å². The SMILES string of the molecule is CCC1=C(C)C(=Cc2[nH]c(Cc3[nH]c(/C=C4/NC(=O)C(C)=C4CC)c(C)c3CCC(=O)O)c(CCC(=O)O)c2C)NC1=O.